The number of nitro groups is 1. The zero-order chi connectivity index (χ0) is 12.0. The van der Waals surface area contributed by atoms with Gasteiger partial charge in [0.25, 0.3) is 5.69 Å². The molecule has 0 unspecified atom stereocenters. The van der Waals surface area contributed by atoms with Gasteiger partial charge >= 0.3 is 0 Å². The van der Waals surface area contributed by atoms with Crippen LogP contribution in [0, 0.1) is 10.1 Å². The highest BCUT2D eigenvalue weighted by atomic mass is 16.6. The molecule has 1 saturated heterocycles. The maximum atomic E-state index is 10.7. The first kappa shape index (κ1) is 10.5. The van der Waals surface area contributed by atoms with E-state index in [-0.39, 0.29) is 24.0 Å². The average molecular weight is 235 g/mol. The van der Waals surface area contributed by atoms with Gasteiger partial charge in [-0.1, -0.05) is 13.3 Å². The Balaban J connectivity index is 1.92. The molecule has 90 valence electrons. The molecule has 17 heavy (non-hydrogen) atoms. The molecule has 0 spiro atoms. The number of rotatable bonds is 3. The molecule has 0 aromatic heterocycles. The molecule has 5 nitrogen and oxygen atoms in total. The van der Waals surface area contributed by atoms with Gasteiger partial charge in [-0.2, -0.15) is 0 Å². The summed E-state index contributed by atoms with van der Waals surface area (Å²) < 4.78 is 11.4. The predicted molar refractivity (Wildman–Crippen MR) is 60.0 cm³/mol. The van der Waals surface area contributed by atoms with Crippen LogP contribution in [0.4, 0.5) is 5.69 Å². The first-order valence-electron chi connectivity index (χ1n) is 5.81. The van der Waals surface area contributed by atoms with Gasteiger partial charge in [0.05, 0.1) is 4.92 Å². The molecule has 2 aliphatic heterocycles. The van der Waals surface area contributed by atoms with Gasteiger partial charge in [-0.05, 0) is 12.5 Å². The van der Waals surface area contributed by atoms with Crippen LogP contribution in [-0.4, -0.2) is 17.1 Å². The normalized spacial score (nSPS) is 28.9. The van der Waals surface area contributed by atoms with Crippen LogP contribution in [0.1, 0.15) is 31.4 Å². The summed E-state index contributed by atoms with van der Waals surface area (Å²) in [5, 5.41) is 10.7. The minimum Gasteiger partial charge on any atom is -0.487 e. The van der Waals surface area contributed by atoms with Crippen LogP contribution in [0.5, 0.6) is 5.75 Å². The van der Waals surface area contributed by atoms with Crippen molar-refractivity contribution in [3.63, 3.8) is 0 Å². The highest BCUT2D eigenvalue weighted by Crippen LogP contribution is 2.51. The average Bonchev–Trinajstić information content (AvgIpc) is 3.09. The maximum absolute atomic E-state index is 10.7. The molecule has 0 saturated carbocycles. The number of nitrogens with zero attached hydrogens (tertiary/aromatic N) is 1. The van der Waals surface area contributed by atoms with Crippen LogP contribution in [0.3, 0.4) is 0 Å². The van der Waals surface area contributed by atoms with E-state index in [9.17, 15) is 10.1 Å². The van der Waals surface area contributed by atoms with Crippen molar-refractivity contribution in [2.45, 2.75) is 38.1 Å². The van der Waals surface area contributed by atoms with Crippen molar-refractivity contribution in [1.29, 1.82) is 0 Å². The molecule has 0 amide bonds. The third-order valence-electron chi connectivity index (χ3n) is 3.25. The lowest BCUT2D eigenvalue weighted by Crippen LogP contribution is -2.27. The second-order valence-corrected chi connectivity index (χ2v) is 4.45. The standard InChI is InChI=1S/C12H13NO4/c1-2-3-10-12-11(17-12)8-6-7(13(14)15)4-5-9(8)16-10/h4-6,10-12H,2-3H2,1H3/t10-,11+,12-/m1/s1. The van der Waals surface area contributed by atoms with E-state index in [4.69, 9.17) is 9.47 Å². The van der Waals surface area contributed by atoms with Crippen LogP contribution >= 0.6 is 0 Å². The Morgan fingerprint density at radius 3 is 3.00 bits per heavy atom. The predicted octanol–water partition coefficient (Wildman–Crippen LogP) is 2.60. The number of hydrogen-bond donors (Lipinski definition) is 0. The number of benzene rings is 1. The van der Waals surface area contributed by atoms with E-state index in [1.165, 1.54) is 6.07 Å². The number of fused-ring (bicyclic) bond motifs is 3. The molecule has 2 heterocycles. The SMILES string of the molecule is CCC[C@H]1Oc2ccc([N+](=O)[O-])cc2[C@@H]2O[C@H]12. The summed E-state index contributed by atoms with van der Waals surface area (Å²) in [4.78, 5) is 10.3. The largest absolute Gasteiger partial charge is 0.487 e. The molecule has 1 aromatic carbocycles. The Bertz CT molecular complexity index is 474. The Morgan fingerprint density at radius 2 is 2.29 bits per heavy atom. The molecule has 3 atom stereocenters. The van der Waals surface area contributed by atoms with E-state index in [0.29, 0.717) is 0 Å². The van der Waals surface area contributed by atoms with Gasteiger partial charge in [0.2, 0.25) is 0 Å². The van der Waals surface area contributed by atoms with E-state index in [0.717, 1.165) is 24.2 Å². The van der Waals surface area contributed by atoms with Crippen LogP contribution in [0.25, 0.3) is 0 Å². The Labute approximate surface area is 98.5 Å². The van der Waals surface area contributed by atoms with Crippen molar-refractivity contribution in [3.8, 4) is 5.75 Å². The van der Waals surface area contributed by atoms with E-state index < -0.39 is 4.92 Å². The number of ether oxygens (including phenoxy) is 2. The van der Waals surface area contributed by atoms with Gasteiger partial charge in [-0.25, -0.2) is 0 Å². The molecule has 5 heteroatoms. The molecule has 2 aliphatic rings. The van der Waals surface area contributed by atoms with E-state index in [1.54, 1.807) is 12.1 Å². The minimum atomic E-state index is -0.393. The second-order valence-electron chi connectivity index (χ2n) is 4.45. The van der Waals surface area contributed by atoms with E-state index in [1.807, 2.05) is 0 Å². The first-order chi connectivity index (χ1) is 8.20. The van der Waals surface area contributed by atoms with Crippen LogP contribution in [0.2, 0.25) is 0 Å². The van der Waals surface area contributed by atoms with Crippen molar-refractivity contribution < 1.29 is 14.4 Å². The molecule has 0 N–H and O–H groups in total. The molecule has 0 radical (unpaired) electrons. The summed E-state index contributed by atoms with van der Waals surface area (Å²) in [7, 11) is 0. The van der Waals surface area contributed by atoms with Crippen molar-refractivity contribution in [3.05, 3.63) is 33.9 Å². The summed E-state index contributed by atoms with van der Waals surface area (Å²) in [6, 6.07) is 4.71. The molecular weight excluding hydrogens is 222 g/mol. The van der Waals surface area contributed by atoms with Gasteiger partial charge in [-0.15, -0.1) is 0 Å². The van der Waals surface area contributed by atoms with Gasteiger partial charge in [0, 0.05) is 17.7 Å². The fraction of sp³-hybridized carbons (Fsp3) is 0.500. The fourth-order valence-corrected chi connectivity index (χ4v) is 2.37. The van der Waals surface area contributed by atoms with Crippen LogP contribution in [0.15, 0.2) is 18.2 Å². The zero-order valence-corrected chi connectivity index (χ0v) is 9.46. The lowest BCUT2D eigenvalue weighted by atomic mass is 9.99. The van der Waals surface area contributed by atoms with Crippen molar-refractivity contribution in [2.24, 2.45) is 0 Å². The number of non-ortho nitro benzene ring substituents is 1. The maximum Gasteiger partial charge on any atom is 0.270 e. The summed E-state index contributed by atoms with van der Waals surface area (Å²) in [5.74, 6) is 0.729. The van der Waals surface area contributed by atoms with E-state index in [2.05, 4.69) is 6.92 Å². The lowest BCUT2D eigenvalue weighted by molar-refractivity contribution is -0.385. The molecule has 0 bridgehead atoms. The quantitative estimate of drug-likeness (QED) is 0.459. The zero-order valence-electron chi connectivity index (χ0n) is 9.46. The highest BCUT2D eigenvalue weighted by Gasteiger charge is 2.52. The number of hydrogen-bond acceptors (Lipinski definition) is 4. The Hall–Kier alpha value is -1.62. The molecule has 1 fully saturated rings. The fourth-order valence-electron chi connectivity index (χ4n) is 2.37. The summed E-state index contributed by atoms with van der Waals surface area (Å²) in [6.45, 7) is 2.10. The topological polar surface area (TPSA) is 64.9 Å². The molecule has 3 rings (SSSR count). The van der Waals surface area contributed by atoms with Crippen LogP contribution < -0.4 is 4.74 Å². The van der Waals surface area contributed by atoms with Crippen molar-refractivity contribution >= 4 is 5.69 Å². The second kappa shape index (κ2) is 3.70. The third-order valence-corrected chi connectivity index (χ3v) is 3.25. The highest BCUT2D eigenvalue weighted by molar-refractivity contribution is 5.48. The van der Waals surface area contributed by atoms with Gasteiger partial charge < -0.3 is 9.47 Å². The summed E-state index contributed by atoms with van der Waals surface area (Å²) >= 11 is 0. The molecule has 0 aliphatic carbocycles. The Morgan fingerprint density at radius 1 is 1.47 bits per heavy atom. The van der Waals surface area contributed by atoms with Crippen molar-refractivity contribution in [1.82, 2.24) is 0 Å². The smallest absolute Gasteiger partial charge is 0.270 e. The third kappa shape index (κ3) is 1.67. The summed E-state index contributed by atoms with van der Waals surface area (Å²) in [6.07, 6.45) is 2.18. The number of nitro benzene ring substituents is 1. The van der Waals surface area contributed by atoms with Gasteiger partial charge in [0.1, 0.15) is 24.1 Å². The minimum absolute atomic E-state index is 0.00444. The monoisotopic (exact) mass is 235 g/mol. The summed E-state index contributed by atoms with van der Waals surface area (Å²) in [5.41, 5.74) is 0.909. The van der Waals surface area contributed by atoms with Gasteiger partial charge in [0.15, 0.2) is 0 Å². The van der Waals surface area contributed by atoms with E-state index >= 15 is 0 Å². The van der Waals surface area contributed by atoms with Crippen molar-refractivity contribution in [2.75, 3.05) is 0 Å². The first-order valence-corrected chi connectivity index (χ1v) is 5.81. The van der Waals surface area contributed by atoms with Gasteiger partial charge in [-0.3, -0.25) is 10.1 Å². The molecular formula is C12H13NO4. The van der Waals surface area contributed by atoms with Crippen LogP contribution in [-0.2, 0) is 4.74 Å². The number of epoxide rings is 1. The Kier molecular flexibility index (Phi) is 2.29. The molecule has 1 aromatic rings. The lowest BCUT2D eigenvalue weighted by Gasteiger charge is -2.22.